The topological polar surface area (TPSA) is 23.5 Å². The molecule has 1 aliphatic rings. The van der Waals surface area contributed by atoms with E-state index in [9.17, 15) is 5.11 Å². The van der Waals surface area contributed by atoms with Crippen molar-refractivity contribution in [3.63, 3.8) is 0 Å². The van der Waals surface area contributed by atoms with Gasteiger partial charge in [0.15, 0.2) is 0 Å². The van der Waals surface area contributed by atoms with Crippen LogP contribution in [0.15, 0.2) is 30.3 Å². The Kier molecular flexibility index (Phi) is 4.79. The van der Waals surface area contributed by atoms with Gasteiger partial charge in [0.1, 0.15) is 0 Å². The summed E-state index contributed by atoms with van der Waals surface area (Å²) in [6.07, 6.45) is 5.32. The van der Waals surface area contributed by atoms with E-state index >= 15 is 0 Å². The molecule has 0 bridgehead atoms. The third kappa shape index (κ3) is 3.33. The van der Waals surface area contributed by atoms with Crippen LogP contribution in [0.4, 0.5) is 0 Å². The Morgan fingerprint density at radius 3 is 2.22 bits per heavy atom. The smallest absolute Gasteiger partial charge is 0.0537 e. The maximum atomic E-state index is 9.81. The molecule has 100 valence electrons. The highest BCUT2D eigenvalue weighted by atomic mass is 16.3. The summed E-state index contributed by atoms with van der Waals surface area (Å²) in [4.78, 5) is 2.52. The Bertz CT molecular complexity index is 343. The van der Waals surface area contributed by atoms with E-state index in [4.69, 9.17) is 0 Å². The Labute approximate surface area is 111 Å². The van der Waals surface area contributed by atoms with E-state index in [1.165, 1.54) is 44.3 Å². The summed E-state index contributed by atoms with van der Waals surface area (Å²) < 4.78 is 0. The largest absolute Gasteiger partial charge is 0.395 e. The molecular formula is C16H25NO. The number of rotatable bonds is 4. The summed E-state index contributed by atoms with van der Waals surface area (Å²) in [5.74, 6) is 0. The molecule has 18 heavy (non-hydrogen) atoms. The minimum absolute atomic E-state index is 0.133. The first-order chi connectivity index (χ1) is 8.74. The van der Waals surface area contributed by atoms with Crippen molar-refractivity contribution in [3.8, 4) is 0 Å². The van der Waals surface area contributed by atoms with Crippen LogP contribution in [0.25, 0.3) is 0 Å². The van der Waals surface area contributed by atoms with Gasteiger partial charge in [-0.1, -0.05) is 50.1 Å². The molecule has 1 aromatic carbocycles. The number of hydrogen-bond acceptors (Lipinski definition) is 2. The summed E-state index contributed by atoms with van der Waals surface area (Å²) in [5, 5.41) is 9.81. The van der Waals surface area contributed by atoms with Crippen LogP contribution in [0.2, 0.25) is 0 Å². The van der Waals surface area contributed by atoms with Crippen LogP contribution in [0.3, 0.4) is 0 Å². The highest BCUT2D eigenvalue weighted by Crippen LogP contribution is 2.25. The van der Waals surface area contributed by atoms with Gasteiger partial charge < -0.3 is 10.0 Å². The van der Waals surface area contributed by atoms with Gasteiger partial charge in [-0.2, -0.15) is 0 Å². The molecule has 2 nitrogen and oxygen atoms in total. The highest BCUT2D eigenvalue weighted by Gasteiger charge is 2.28. The van der Waals surface area contributed by atoms with Gasteiger partial charge in [-0.3, -0.25) is 0 Å². The third-order valence-corrected chi connectivity index (χ3v) is 4.09. The molecule has 1 unspecified atom stereocenters. The second-order valence-corrected chi connectivity index (χ2v) is 5.78. The molecule has 0 amide bonds. The van der Waals surface area contributed by atoms with E-state index in [2.05, 4.69) is 36.1 Å². The molecule has 0 radical (unpaired) electrons. The maximum absolute atomic E-state index is 9.81. The van der Waals surface area contributed by atoms with E-state index in [1.807, 2.05) is 6.07 Å². The van der Waals surface area contributed by atoms with Crippen LogP contribution in [0.5, 0.6) is 0 Å². The van der Waals surface area contributed by atoms with Crippen LogP contribution in [-0.4, -0.2) is 36.2 Å². The van der Waals surface area contributed by atoms with Gasteiger partial charge >= 0.3 is 0 Å². The van der Waals surface area contributed by atoms with E-state index in [1.54, 1.807) is 0 Å². The van der Waals surface area contributed by atoms with E-state index in [-0.39, 0.29) is 12.0 Å². The van der Waals surface area contributed by atoms with Crippen molar-refractivity contribution < 1.29 is 5.11 Å². The van der Waals surface area contributed by atoms with Gasteiger partial charge in [-0.05, 0) is 31.5 Å². The van der Waals surface area contributed by atoms with Crippen molar-refractivity contribution in [2.24, 2.45) is 0 Å². The van der Waals surface area contributed by atoms with Crippen LogP contribution in [0.1, 0.15) is 38.2 Å². The van der Waals surface area contributed by atoms with E-state index < -0.39 is 0 Å². The molecule has 1 aromatic rings. The van der Waals surface area contributed by atoms with Crippen molar-refractivity contribution in [2.75, 3.05) is 26.2 Å². The Balaban J connectivity index is 2.07. The van der Waals surface area contributed by atoms with Gasteiger partial charge in [0.05, 0.1) is 6.61 Å². The molecule has 1 heterocycles. The lowest BCUT2D eigenvalue weighted by Crippen LogP contribution is -2.42. The second-order valence-electron chi connectivity index (χ2n) is 5.78. The first-order valence-electron chi connectivity index (χ1n) is 7.13. The molecule has 1 saturated heterocycles. The van der Waals surface area contributed by atoms with Gasteiger partial charge in [0.2, 0.25) is 0 Å². The number of aliphatic hydroxyl groups excluding tert-OH is 1. The molecular weight excluding hydrogens is 222 g/mol. The number of hydrogen-bond donors (Lipinski definition) is 1. The zero-order chi connectivity index (χ0) is 12.8. The molecule has 0 spiro atoms. The fourth-order valence-electron chi connectivity index (χ4n) is 2.86. The average Bonchev–Trinajstić information content (AvgIpc) is 2.68. The zero-order valence-corrected chi connectivity index (χ0v) is 11.4. The van der Waals surface area contributed by atoms with E-state index in [0.29, 0.717) is 0 Å². The molecule has 1 N–H and O–H groups in total. The first-order valence-corrected chi connectivity index (χ1v) is 7.13. The SMILES string of the molecule is CC(CO)(CN1CCCCCC1)c1ccccc1. The quantitative estimate of drug-likeness (QED) is 0.884. The molecule has 0 aromatic heterocycles. The number of likely N-dealkylation sites (tertiary alicyclic amines) is 1. The van der Waals surface area contributed by atoms with Crippen LogP contribution >= 0.6 is 0 Å². The maximum Gasteiger partial charge on any atom is 0.0537 e. The lowest BCUT2D eigenvalue weighted by molar-refractivity contribution is 0.146. The molecule has 2 rings (SSSR count). The predicted octanol–water partition coefficient (Wildman–Crippen LogP) is 2.81. The summed E-state index contributed by atoms with van der Waals surface area (Å²) >= 11 is 0. The minimum Gasteiger partial charge on any atom is -0.395 e. The predicted molar refractivity (Wildman–Crippen MR) is 75.8 cm³/mol. The third-order valence-electron chi connectivity index (χ3n) is 4.09. The number of aliphatic hydroxyl groups is 1. The van der Waals surface area contributed by atoms with Crippen molar-refractivity contribution in [1.29, 1.82) is 0 Å². The van der Waals surface area contributed by atoms with Gasteiger partial charge in [0, 0.05) is 12.0 Å². The molecule has 0 saturated carbocycles. The Morgan fingerprint density at radius 2 is 1.67 bits per heavy atom. The van der Waals surface area contributed by atoms with Crippen LogP contribution in [-0.2, 0) is 5.41 Å². The van der Waals surface area contributed by atoms with E-state index in [0.717, 1.165) is 6.54 Å². The molecule has 2 heteroatoms. The summed E-state index contributed by atoms with van der Waals surface area (Å²) in [6.45, 7) is 5.72. The zero-order valence-electron chi connectivity index (χ0n) is 11.4. The first kappa shape index (κ1) is 13.6. The van der Waals surface area contributed by atoms with Gasteiger partial charge in [-0.25, -0.2) is 0 Å². The molecule has 1 atom stereocenters. The molecule has 0 aliphatic carbocycles. The summed E-state index contributed by atoms with van der Waals surface area (Å²) in [6, 6.07) is 10.4. The van der Waals surface area contributed by atoms with Crippen molar-refractivity contribution >= 4 is 0 Å². The average molecular weight is 247 g/mol. The van der Waals surface area contributed by atoms with Gasteiger partial charge in [0.25, 0.3) is 0 Å². The highest BCUT2D eigenvalue weighted by molar-refractivity contribution is 5.25. The van der Waals surface area contributed by atoms with Crippen molar-refractivity contribution in [2.45, 2.75) is 38.0 Å². The second kappa shape index (κ2) is 6.35. The van der Waals surface area contributed by atoms with Crippen molar-refractivity contribution in [1.82, 2.24) is 4.90 Å². The fraction of sp³-hybridized carbons (Fsp3) is 0.625. The number of nitrogens with zero attached hydrogens (tertiary/aromatic N) is 1. The minimum atomic E-state index is -0.133. The molecule has 1 fully saturated rings. The summed E-state index contributed by atoms with van der Waals surface area (Å²) in [7, 11) is 0. The fourth-order valence-corrected chi connectivity index (χ4v) is 2.86. The lowest BCUT2D eigenvalue weighted by atomic mass is 9.82. The number of benzene rings is 1. The van der Waals surface area contributed by atoms with Crippen LogP contribution < -0.4 is 0 Å². The standard InChI is InChI=1S/C16H25NO/c1-16(14-18,15-9-5-4-6-10-15)13-17-11-7-2-3-8-12-17/h4-6,9-10,18H,2-3,7-8,11-14H2,1H3. The normalized spacial score (nSPS) is 21.2. The van der Waals surface area contributed by atoms with Crippen LogP contribution in [0, 0.1) is 0 Å². The summed E-state index contributed by atoms with van der Waals surface area (Å²) in [5.41, 5.74) is 1.11. The lowest BCUT2D eigenvalue weighted by Gasteiger charge is -2.34. The Hall–Kier alpha value is -0.860. The van der Waals surface area contributed by atoms with Crippen molar-refractivity contribution in [3.05, 3.63) is 35.9 Å². The molecule has 1 aliphatic heterocycles. The monoisotopic (exact) mass is 247 g/mol. The Morgan fingerprint density at radius 1 is 1.06 bits per heavy atom. The van der Waals surface area contributed by atoms with Gasteiger partial charge in [-0.15, -0.1) is 0 Å².